The van der Waals surface area contributed by atoms with E-state index in [4.69, 9.17) is 8.23 Å². The van der Waals surface area contributed by atoms with Gasteiger partial charge in [-0.25, -0.2) is 0 Å². The van der Waals surface area contributed by atoms with Crippen molar-refractivity contribution in [1.82, 2.24) is 0 Å². The van der Waals surface area contributed by atoms with Crippen molar-refractivity contribution in [2.45, 2.75) is 11.8 Å². The molecule has 1 aromatic carbocycles. The van der Waals surface area contributed by atoms with Crippen LogP contribution in [0.25, 0.3) is 0 Å². The van der Waals surface area contributed by atoms with Crippen LogP contribution in [0.15, 0.2) is 29.2 Å². The van der Waals surface area contributed by atoms with Gasteiger partial charge >= 0.3 is 21.0 Å². The topological polar surface area (TPSA) is 71.4 Å². The van der Waals surface area contributed by atoms with E-state index in [0.717, 1.165) is 22.9 Å². The van der Waals surface area contributed by atoms with Crippen LogP contribution in [0.4, 0.5) is 0 Å². The first-order chi connectivity index (χ1) is 6.00. The number of hydrogen-bond donors (Lipinski definition) is 1. The molecule has 0 bridgehead atoms. The van der Waals surface area contributed by atoms with Gasteiger partial charge in [0.15, 0.2) is 0 Å². The molecule has 1 aromatic rings. The molecular weight excluding hydrogens is 231 g/mol. The molecule has 1 rings (SSSR count). The van der Waals surface area contributed by atoms with Crippen LogP contribution in [-0.4, -0.2) is 13.0 Å². The van der Waals surface area contributed by atoms with E-state index >= 15 is 0 Å². The fraction of sp³-hybridized carbons (Fsp3) is 0.143. The number of rotatable bonds is 1. The first-order valence-electron chi connectivity index (χ1n) is 3.22. The summed E-state index contributed by atoms with van der Waals surface area (Å²) >= 11 is 1.06. The third-order valence-corrected chi connectivity index (χ3v) is 2.19. The van der Waals surface area contributed by atoms with Gasteiger partial charge in [-0.1, -0.05) is 17.7 Å². The molecule has 4 nitrogen and oxygen atoms in total. The van der Waals surface area contributed by atoms with E-state index < -0.39 is 10.1 Å². The minimum atomic E-state index is -4.02. The Morgan fingerprint density at radius 3 is 1.85 bits per heavy atom. The van der Waals surface area contributed by atoms with E-state index in [-0.39, 0.29) is 4.90 Å². The number of aryl methyl sites for hydroxylation is 1. The third-order valence-electron chi connectivity index (χ3n) is 1.32. The molecule has 0 amide bonds. The van der Waals surface area contributed by atoms with Gasteiger partial charge in [0.2, 0.25) is 0 Å². The van der Waals surface area contributed by atoms with Gasteiger partial charge in [0, 0.05) is 0 Å². The number of hydrogen-bond acceptors (Lipinski definition) is 3. The Kier molecular flexibility index (Phi) is 5.09. The second-order valence-electron chi connectivity index (χ2n) is 2.29. The van der Waals surface area contributed by atoms with Crippen LogP contribution in [0, 0.1) is 6.92 Å². The van der Waals surface area contributed by atoms with Crippen LogP contribution in [0.3, 0.4) is 0 Å². The van der Waals surface area contributed by atoms with Crippen molar-refractivity contribution in [3.63, 3.8) is 0 Å². The molecule has 0 unspecified atom stereocenters. The zero-order valence-corrected chi connectivity index (χ0v) is 9.05. The van der Waals surface area contributed by atoms with E-state index in [0.29, 0.717) is 0 Å². The molecule has 0 aliphatic carbocycles. The summed E-state index contributed by atoms with van der Waals surface area (Å²) in [5, 5.41) is 0. The van der Waals surface area contributed by atoms with Crippen LogP contribution >= 0.6 is 0 Å². The van der Waals surface area contributed by atoms with Gasteiger partial charge in [-0.3, -0.25) is 4.55 Å². The molecule has 0 radical (unpaired) electrons. The molecule has 13 heavy (non-hydrogen) atoms. The molecule has 1 N–H and O–H groups in total. The monoisotopic (exact) mass is 239 g/mol. The Balaban J connectivity index is 0.000000671. The van der Waals surface area contributed by atoms with Gasteiger partial charge in [-0.05, 0) is 19.1 Å². The van der Waals surface area contributed by atoms with Gasteiger partial charge < -0.3 is 0 Å². The summed E-state index contributed by atoms with van der Waals surface area (Å²) < 4.78 is 37.7. The molecule has 0 fully saturated rings. The summed E-state index contributed by atoms with van der Waals surface area (Å²) in [6.07, 6.45) is 0. The van der Waals surface area contributed by atoms with E-state index in [1.165, 1.54) is 12.1 Å². The van der Waals surface area contributed by atoms with Crippen LogP contribution in [0.5, 0.6) is 0 Å². The first-order valence-corrected chi connectivity index (χ1v) is 5.23. The van der Waals surface area contributed by atoms with Gasteiger partial charge in [0.25, 0.3) is 10.1 Å². The maximum atomic E-state index is 10.5. The Morgan fingerprint density at radius 2 is 1.54 bits per heavy atom. The van der Waals surface area contributed by atoms with Crippen molar-refractivity contribution in [2.24, 2.45) is 0 Å². The maximum absolute atomic E-state index is 10.5. The first kappa shape index (κ1) is 12.5. The fourth-order valence-electron chi connectivity index (χ4n) is 0.710. The zero-order chi connectivity index (χ0) is 10.5. The Morgan fingerprint density at radius 1 is 1.15 bits per heavy atom. The average Bonchev–Trinajstić information content (AvgIpc) is 2.07. The average molecular weight is 239 g/mol. The fourth-order valence-corrected chi connectivity index (χ4v) is 1.19. The van der Waals surface area contributed by atoms with Crippen molar-refractivity contribution >= 4 is 10.1 Å². The molecular formula is C7H8O4SV. The standard InChI is InChI=1S/C7H8O3S.O.V/c1-6-2-4-7(5-3-6)11(8,9)10;;/h2-5H,1H3,(H,8,9,10);;. The molecule has 0 saturated carbocycles. The molecule has 0 aromatic heterocycles. The normalized spacial score (nSPS) is 9.92. The Bertz CT molecular complexity index is 357. The van der Waals surface area contributed by atoms with Crippen molar-refractivity contribution in [3.05, 3.63) is 29.8 Å². The Labute approximate surface area is 85.9 Å². The minimum absolute atomic E-state index is 0.0666. The molecule has 71 valence electrons. The summed E-state index contributed by atoms with van der Waals surface area (Å²) in [6.45, 7) is 1.84. The zero-order valence-electron chi connectivity index (χ0n) is 6.84. The Hall–Kier alpha value is -0.486. The summed E-state index contributed by atoms with van der Waals surface area (Å²) in [5.41, 5.74) is 0.956. The second kappa shape index (κ2) is 5.29. The van der Waals surface area contributed by atoms with Crippen molar-refractivity contribution in [2.75, 3.05) is 0 Å². The third kappa shape index (κ3) is 4.33. The molecule has 0 aliphatic rings. The quantitative estimate of drug-likeness (QED) is 0.745. The summed E-state index contributed by atoms with van der Waals surface area (Å²) in [4.78, 5) is -0.0666. The van der Waals surface area contributed by atoms with Crippen molar-refractivity contribution < 1.29 is 34.0 Å². The molecule has 0 heterocycles. The van der Waals surface area contributed by atoms with Crippen LogP contribution < -0.4 is 0 Å². The molecule has 0 spiro atoms. The summed E-state index contributed by atoms with van der Waals surface area (Å²) in [5.74, 6) is 0. The molecule has 6 heteroatoms. The summed E-state index contributed by atoms with van der Waals surface area (Å²) in [6, 6.07) is 5.99. The predicted molar refractivity (Wildman–Crippen MR) is 41.7 cm³/mol. The predicted octanol–water partition coefficient (Wildman–Crippen LogP) is 1.12. The SMILES string of the molecule is Cc1ccc(S(=O)(=O)O)cc1.[O]=[V]. The second-order valence-corrected chi connectivity index (χ2v) is 3.71. The molecule has 0 aliphatic heterocycles. The van der Waals surface area contributed by atoms with Crippen molar-refractivity contribution in [3.8, 4) is 0 Å². The van der Waals surface area contributed by atoms with Gasteiger partial charge in [0.1, 0.15) is 0 Å². The van der Waals surface area contributed by atoms with Gasteiger partial charge in [-0.2, -0.15) is 8.42 Å². The van der Waals surface area contributed by atoms with E-state index in [2.05, 4.69) is 0 Å². The van der Waals surface area contributed by atoms with E-state index in [1.54, 1.807) is 12.1 Å². The van der Waals surface area contributed by atoms with Gasteiger partial charge in [0.05, 0.1) is 4.90 Å². The number of benzene rings is 1. The van der Waals surface area contributed by atoms with E-state index in [9.17, 15) is 8.42 Å². The molecule has 0 saturated heterocycles. The molecule has 0 atom stereocenters. The van der Waals surface area contributed by atoms with Crippen LogP contribution in [0.2, 0.25) is 0 Å². The van der Waals surface area contributed by atoms with Crippen LogP contribution in [-0.2, 0) is 31.2 Å². The van der Waals surface area contributed by atoms with Crippen molar-refractivity contribution in [1.29, 1.82) is 0 Å². The van der Waals surface area contributed by atoms with Gasteiger partial charge in [-0.15, -0.1) is 0 Å². The van der Waals surface area contributed by atoms with Crippen LogP contribution in [0.1, 0.15) is 5.56 Å². The summed E-state index contributed by atoms with van der Waals surface area (Å²) in [7, 11) is -4.02. The van der Waals surface area contributed by atoms with E-state index in [1.807, 2.05) is 6.92 Å².